The summed E-state index contributed by atoms with van der Waals surface area (Å²) in [5, 5.41) is 20.1. The van der Waals surface area contributed by atoms with Gasteiger partial charge >= 0.3 is 5.97 Å². The fourth-order valence-corrected chi connectivity index (χ4v) is 2.32. The lowest BCUT2D eigenvalue weighted by molar-refractivity contribution is 0.0691. The SMILES string of the molecule is COc1nc2[nH]ncc2cc1Nc1ncc2cc(C(=O)O)[nH]c2n1. The minimum atomic E-state index is -1.06. The molecule has 0 spiro atoms. The predicted molar refractivity (Wildman–Crippen MR) is 84.6 cm³/mol. The Balaban J connectivity index is 1.74. The van der Waals surface area contributed by atoms with Crippen LogP contribution in [-0.2, 0) is 0 Å². The molecule has 10 heteroatoms. The number of carboxylic acids is 1. The first-order valence-corrected chi connectivity index (χ1v) is 6.88. The van der Waals surface area contributed by atoms with Crippen LogP contribution in [0.2, 0.25) is 0 Å². The molecule has 0 aliphatic rings. The molecule has 10 nitrogen and oxygen atoms in total. The summed E-state index contributed by atoms with van der Waals surface area (Å²) in [6.45, 7) is 0. The Kier molecular flexibility index (Phi) is 3.02. The van der Waals surface area contributed by atoms with Crippen LogP contribution in [0.5, 0.6) is 5.88 Å². The summed E-state index contributed by atoms with van der Waals surface area (Å²) in [5.41, 5.74) is 1.64. The maximum Gasteiger partial charge on any atom is 0.352 e. The van der Waals surface area contributed by atoms with Crippen LogP contribution in [-0.4, -0.2) is 48.3 Å². The van der Waals surface area contributed by atoms with Gasteiger partial charge in [0.2, 0.25) is 11.8 Å². The highest BCUT2D eigenvalue weighted by atomic mass is 16.5. The Morgan fingerprint density at radius 3 is 2.83 bits per heavy atom. The number of pyridine rings is 1. The van der Waals surface area contributed by atoms with Crippen molar-refractivity contribution in [2.24, 2.45) is 0 Å². The summed E-state index contributed by atoms with van der Waals surface area (Å²) in [5.74, 6) is -0.420. The number of hydrogen-bond acceptors (Lipinski definition) is 7. The van der Waals surface area contributed by atoms with Gasteiger partial charge in [-0.05, 0) is 12.1 Å². The van der Waals surface area contributed by atoms with Crippen molar-refractivity contribution in [3.63, 3.8) is 0 Å². The van der Waals surface area contributed by atoms with Gasteiger partial charge in [-0.1, -0.05) is 0 Å². The van der Waals surface area contributed by atoms with Gasteiger partial charge in [0.25, 0.3) is 0 Å². The molecule has 0 atom stereocenters. The number of H-pyrrole nitrogens is 2. The molecular formula is C14H11N7O3. The summed E-state index contributed by atoms with van der Waals surface area (Å²) in [7, 11) is 1.50. The van der Waals surface area contributed by atoms with Gasteiger partial charge in [-0.2, -0.15) is 15.1 Å². The van der Waals surface area contributed by atoms with Gasteiger partial charge in [0.15, 0.2) is 5.65 Å². The molecule has 0 aliphatic heterocycles. The molecule has 0 amide bonds. The highest BCUT2D eigenvalue weighted by Gasteiger charge is 2.12. The minimum absolute atomic E-state index is 0.0514. The molecule has 4 aromatic rings. The molecule has 4 aromatic heterocycles. The smallest absolute Gasteiger partial charge is 0.352 e. The molecule has 0 aromatic carbocycles. The maximum absolute atomic E-state index is 11.0. The lowest BCUT2D eigenvalue weighted by Crippen LogP contribution is -2.01. The topological polar surface area (TPSA) is 142 Å². The number of ether oxygens (including phenoxy) is 1. The zero-order valence-electron chi connectivity index (χ0n) is 12.4. The number of hydrogen-bond donors (Lipinski definition) is 4. The number of carboxylic acid groups (broad SMARTS) is 1. The van der Waals surface area contributed by atoms with Crippen molar-refractivity contribution in [2.75, 3.05) is 12.4 Å². The number of methoxy groups -OCH3 is 1. The van der Waals surface area contributed by atoms with Gasteiger partial charge in [-0.25, -0.2) is 9.78 Å². The van der Waals surface area contributed by atoms with E-state index in [0.29, 0.717) is 28.2 Å². The number of aromatic nitrogens is 6. The van der Waals surface area contributed by atoms with Crippen LogP contribution >= 0.6 is 0 Å². The molecule has 0 unspecified atom stereocenters. The van der Waals surface area contributed by atoms with Crippen molar-refractivity contribution in [3.8, 4) is 5.88 Å². The molecule has 120 valence electrons. The Morgan fingerprint density at radius 1 is 1.21 bits per heavy atom. The molecule has 4 N–H and O–H groups in total. The first kappa shape index (κ1) is 13.9. The van der Waals surface area contributed by atoms with Gasteiger partial charge in [-0.3, -0.25) is 5.10 Å². The minimum Gasteiger partial charge on any atom is -0.479 e. The number of anilines is 2. The number of fused-ring (bicyclic) bond motifs is 2. The zero-order chi connectivity index (χ0) is 16.7. The average Bonchev–Trinajstić information content (AvgIpc) is 3.19. The van der Waals surface area contributed by atoms with Crippen LogP contribution in [0.4, 0.5) is 11.6 Å². The van der Waals surface area contributed by atoms with E-state index in [9.17, 15) is 4.79 Å². The third-order valence-corrected chi connectivity index (χ3v) is 3.43. The van der Waals surface area contributed by atoms with E-state index in [1.165, 1.54) is 19.4 Å². The molecule has 4 rings (SSSR count). The van der Waals surface area contributed by atoms with Crippen molar-refractivity contribution in [2.45, 2.75) is 0 Å². The number of rotatable bonds is 4. The first-order chi connectivity index (χ1) is 11.6. The highest BCUT2D eigenvalue weighted by molar-refractivity contribution is 5.92. The van der Waals surface area contributed by atoms with E-state index in [1.807, 2.05) is 0 Å². The monoisotopic (exact) mass is 325 g/mol. The van der Waals surface area contributed by atoms with Gasteiger partial charge < -0.3 is 20.1 Å². The summed E-state index contributed by atoms with van der Waals surface area (Å²) < 4.78 is 5.26. The molecular weight excluding hydrogens is 314 g/mol. The third-order valence-electron chi connectivity index (χ3n) is 3.43. The summed E-state index contributed by atoms with van der Waals surface area (Å²) in [6, 6.07) is 3.27. The fourth-order valence-electron chi connectivity index (χ4n) is 2.32. The van der Waals surface area contributed by atoms with E-state index in [2.05, 4.69) is 35.5 Å². The maximum atomic E-state index is 11.0. The Labute approximate surface area is 133 Å². The van der Waals surface area contributed by atoms with Gasteiger partial charge in [-0.15, -0.1) is 0 Å². The van der Waals surface area contributed by atoms with Crippen molar-refractivity contribution >= 4 is 39.7 Å². The lowest BCUT2D eigenvalue weighted by atomic mass is 10.3. The summed E-state index contributed by atoms with van der Waals surface area (Å²) >= 11 is 0. The molecule has 4 heterocycles. The summed E-state index contributed by atoms with van der Waals surface area (Å²) in [6.07, 6.45) is 3.17. The lowest BCUT2D eigenvalue weighted by Gasteiger charge is -2.08. The summed E-state index contributed by atoms with van der Waals surface area (Å²) in [4.78, 5) is 26.5. The standard InChI is InChI=1S/C14H11N7O3/c1-24-12-8(2-7-5-16-21-11(7)19-12)18-14-15-4-6-3-9(13(22)23)17-10(6)20-14/h2-5H,1H3,(H,22,23)(H,16,19,21)(H2,15,17,18,20). The number of aromatic carboxylic acids is 1. The first-order valence-electron chi connectivity index (χ1n) is 6.88. The molecule has 0 saturated carbocycles. The largest absolute Gasteiger partial charge is 0.479 e. The number of nitrogens with zero attached hydrogens (tertiary/aromatic N) is 4. The van der Waals surface area contributed by atoms with Gasteiger partial charge in [0.1, 0.15) is 17.0 Å². The van der Waals surface area contributed by atoms with Crippen LogP contribution in [0.25, 0.3) is 22.1 Å². The quantitative estimate of drug-likeness (QED) is 0.444. The molecule has 0 saturated heterocycles. The Morgan fingerprint density at radius 2 is 2.04 bits per heavy atom. The molecule has 0 aliphatic carbocycles. The van der Waals surface area contributed by atoms with E-state index < -0.39 is 5.97 Å². The third kappa shape index (κ3) is 2.26. The van der Waals surface area contributed by atoms with Crippen LogP contribution in [0.15, 0.2) is 24.5 Å². The van der Waals surface area contributed by atoms with E-state index in [4.69, 9.17) is 9.84 Å². The van der Waals surface area contributed by atoms with Gasteiger partial charge in [0.05, 0.1) is 13.3 Å². The van der Waals surface area contributed by atoms with Gasteiger partial charge in [0, 0.05) is 17.0 Å². The van der Waals surface area contributed by atoms with Crippen molar-refractivity contribution in [1.82, 2.24) is 30.1 Å². The Bertz CT molecular complexity index is 1070. The number of aromatic amines is 2. The molecule has 0 radical (unpaired) electrons. The molecule has 24 heavy (non-hydrogen) atoms. The van der Waals surface area contributed by atoms with Crippen molar-refractivity contribution in [3.05, 3.63) is 30.2 Å². The van der Waals surface area contributed by atoms with E-state index in [-0.39, 0.29) is 11.6 Å². The zero-order valence-corrected chi connectivity index (χ0v) is 12.4. The predicted octanol–water partition coefficient (Wildman–Crippen LogP) is 1.68. The second kappa shape index (κ2) is 5.19. The molecule has 0 fully saturated rings. The van der Waals surface area contributed by atoms with Crippen molar-refractivity contribution < 1.29 is 14.6 Å². The second-order valence-corrected chi connectivity index (χ2v) is 4.96. The second-order valence-electron chi connectivity index (χ2n) is 4.96. The normalized spacial score (nSPS) is 11.0. The number of carbonyl (C=O) groups is 1. The molecule has 0 bridgehead atoms. The fraction of sp³-hybridized carbons (Fsp3) is 0.0714. The van der Waals surface area contributed by atoms with Crippen molar-refractivity contribution in [1.29, 1.82) is 0 Å². The van der Waals surface area contributed by atoms with E-state index >= 15 is 0 Å². The van der Waals surface area contributed by atoms with E-state index in [0.717, 1.165) is 5.39 Å². The Hall–Kier alpha value is -3.69. The number of nitrogens with one attached hydrogen (secondary N) is 3. The van der Waals surface area contributed by atoms with Crippen LogP contribution in [0.3, 0.4) is 0 Å². The van der Waals surface area contributed by atoms with Crippen LogP contribution < -0.4 is 10.1 Å². The van der Waals surface area contributed by atoms with E-state index in [1.54, 1.807) is 12.3 Å². The average molecular weight is 325 g/mol. The van der Waals surface area contributed by atoms with Crippen LogP contribution in [0.1, 0.15) is 10.5 Å². The highest BCUT2D eigenvalue weighted by Crippen LogP contribution is 2.28. The van der Waals surface area contributed by atoms with Crippen LogP contribution in [0, 0.1) is 0 Å².